The van der Waals surface area contributed by atoms with Crippen molar-refractivity contribution in [2.24, 2.45) is 0 Å². The molecule has 0 bridgehead atoms. The summed E-state index contributed by atoms with van der Waals surface area (Å²) in [6.45, 7) is 1.60. The van der Waals surface area contributed by atoms with Gasteiger partial charge in [0, 0.05) is 31.6 Å². The molecule has 1 saturated heterocycles. The summed E-state index contributed by atoms with van der Waals surface area (Å²) in [5, 5.41) is 11.7. The zero-order chi connectivity index (χ0) is 19.2. The maximum Gasteiger partial charge on any atom is 0.306 e. The van der Waals surface area contributed by atoms with E-state index in [0.29, 0.717) is 52.0 Å². The van der Waals surface area contributed by atoms with Crippen LogP contribution in [0.25, 0.3) is 0 Å². The SMILES string of the molecule is O=C(O)CC1CN(C(=O)CCCOc2ccc3c(c2)CCC(=O)N3)CCO1. The molecule has 0 aliphatic carbocycles. The number of anilines is 1. The Labute approximate surface area is 157 Å². The highest BCUT2D eigenvalue weighted by Gasteiger charge is 2.25. The fourth-order valence-electron chi connectivity index (χ4n) is 3.29. The summed E-state index contributed by atoms with van der Waals surface area (Å²) in [5.74, 6) is -0.175. The molecular formula is C19H24N2O6. The van der Waals surface area contributed by atoms with Gasteiger partial charge in [-0.05, 0) is 36.6 Å². The van der Waals surface area contributed by atoms with Gasteiger partial charge >= 0.3 is 5.97 Å². The van der Waals surface area contributed by atoms with Crippen LogP contribution in [0.2, 0.25) is 0 Å². The molecule has 0 spiro atoms. The molecule has 27 heavy (non-hydrogen) atoms. The molecule has 0 saturated carbocycles. The number of aliphatic carboxylic acids is 1. The zero-order valence-electron chi connectivity index (χ0n) is 15.1. The Morgan fingerprint density at radius 2 is 2.19 bits per heavy atom. The van der Waals surface area contributed by atoms with Crippen LogP contribution in [0.1, 0.15) is 31.2 Å². The first kappa shape index (κ1) is 19.2. The van der Waals surface area contributed by atoms with Crippen LogP contribution in [0.4, 0.5) is 5.69 Å². The van der Waals surface area contributed by atoms with E-state index < -0.39 is 12.1 Å². The van der Waals surface area contributed by atoms with Gasteiger partial charge in [-0.2, -0.15) is 0 Å². The smallest absolute Gasteiger partial charge is 0.306 e. The first-order chi connectivity index (χ1) is 13.0. The summed E-state index contributed by atoms with van der Waals surface area (Å²) in [5.41, 5.74) is 1.89. The Kier molecular flexibility index (Phi) is 6.28. The second-order valence-electron chi connectivity index (χ2n) is 6.75. The molecular weight excluding hydrogens is 352 g/mol. The Morgan fingerprint density at radius 3 is 3.00 bits per heavy atom. The molecule has 1 atom stereocenters. The molecule has 8 heteroatoms. The van der Waals surface area contributed by atoms with Crippen molar-refractivity contribution in [1.82, 2.24) is 4.90 Å². The van der Waals surface area contributed by atoms with E-state index in [4.69, 9.17) is 14.6 Å². The Hall–Kier alpha value is -2.61. The number of benzene rings is 1. The van der Waals surface area contributed by atoms with E-state index in [1.54, 1.807) is 4.90 Å². The number of carboxylic acids is 1. The number of carbonyl (C=O) groups excluding carboxylic acids is 2. The van der Waals surface area contributed by atoms with Crippen LogP contribution in [-0.2, 0) is 25.5 Å². The number of fused-ring (bicyclic) bond motifs is 1. The molecule has 3 rings (SSSR count). The molecule has 1 aromatic carbocycles. The number of carboxylic acid groups (broad SMARTS) is 1. The van der Waals surface area contributed by atoms with E-state index >= 15 is 0 Å². The lowest BCUT2D eigenvalue weighted by Crippen LogP contribution is -2.46. The molecule has 146 valence electrons. The van der Waals surface area contributed by atoms with Crippen LogP contribution in [0.5, 0.6) is 5.75 Å². The number of carbonyl (C=O) groups is 3. The lowest BCUT2D eigenvalue weighted by Gasteiger charge is -2.32. The first-order valence-electron chi connectivity index (χ1n) is 9.18. The molecule has 1 aromatic rings. The summed E-state index contributed by atoms with van der Waals surface area (Å²) >= 11 is 0. The molecule has 0 radical (unpaired) electrons. The molecule has 1 unspecified atom stereocenters. The summed E-state index contributed by atoms with van der Waals surface area (Å²) in [4.78, 5) is 36.1. The number of amides is 2. The van der Waals surface area contributed by atoms with Gasteiger partial charge in [-0.25, -0.2) is 0 Å². The van der Waals surface area contributed by atoms with Gasteiger partial charge in [0.05, 0.1) is 25.7 Å². The van der Waals surface area contributed by atoms with Gasteiger partial charge in [-0.3, -0.25) is 14.4 Å². The van der Waals surface area contributed by atoms with E-state index in [2.05, 4.69) is 5.32 Å². The maximum atomic E-state index is 12.3. The lowest BCUT2D eigenvalue weighted by molar-refractivity contribution is -0.147. The fraction of sp³-hybridized carbons (Fsp3) is 0.526. The quantitative estimate of drug-likeness (QED) is 0.698. The molecule has 2 heterocycles. The van der Waals surface area contributed by atoms with Gasteiger partial charge in [-0.15, -0.1) is 0 Å². The number of morpholine rings is 1. The maximum absolute atomic E-state index is 12.3. The second-order valence-corrected chi connectivity index (χ2v) is 6.75. The predicted octanol–water partition coefficient (Wildman–Crippen LogP) is 1.43. The van der Waals surface area contributed by atoms with Gasteiger partial charge < -0.3 is 24.8 Å². The third-order valence-corrected chi connectivity index (χ3v) is 4.67. The minimum Gasteiger partial charge on any atom is -0.494 e. The van der Waals surface area contributed by atoms with Gasteiger partial charge in [0.2, 0.25) is 11.8 Å². The Morgan fingerprint density at radius 1 is 1.33 bits per heavy atom. The van der Waals surface area contributed by atoms with Crippen molar-refractivity contribution in [3.63, 3.8) is 0 Å². The van der Waals surface area contributed by atoms with Gasteiger partial charge in [0.25, 0.3) is 0 Å². The van der Waals surface area contributed by atoms with Crippen molar-refractivity contribution in [3.8, 4) is 5.75 Å². The Bertz CT molecular complexity index is 720. The molecule has 2 N–H and O–H groups in total. The van der Waals surface area contributed by atoms with E-state index in [-0.39, 0.29) is 18.2 Å². The highest BCUT2D eigenvalue weighted by atomic mass is 16.5. The van der Waals surface area contributed by atoms with Crippen molar-refractivity contribution in [1.29, 1.82) is 0 Å². The normalized spacial score (nSPS) is 19.2. The van der Waals surface area contributed by atoms with Crippen LogP contribution in [0.3, 0.4) is 0 Å². The summed E-state index contributed by atoms with van der Waals surface area (Å²) in [7, 11) is 0. The van der Waals surface area contributed by atoms with E-state index in [9.17, 15) is 14.4 Å². The fourth-order valence-corrected chi connectivity index (χ4v) is 3.29. The summed E-state index contributed by atoms with van der Waals surface area (Å²) in [6.07, 6.45) is 1.58. The third-order valence-electron chi connectivity index (χ3n) is 4.67. The summed E-state index contributed by atoms with van der Waals surface area (Å²) in [6, 6.07) is 5.57. The minimum atomic E-state index is -0.924. The first-order valence-corrected chi connectivity index (χ1v) is 9.18. The molecule has 0 aromatic heterocycles. The number of ether oxygens (including phenoxy) is 2. The number of aryl methyl sites for hydroxylation is 1. The van der Waals surface area contributed by atoms with Crippen LogP contribution in [0.15, 0.2) is 18.2 Å². The highest BCUT2D eigenvalue weighted by Crippen LogP contribution is 2.26. The highest BCUT2D eigenvalue weighted by molar-refractivity contribution is 5.94. The standard InChI is InChI=1S/C19H24N2O6/c22-17-6-3-13-10-14(4-5-16(13)20-17)26-8-1-2-18(23)21-7-9-27-15(12-21)11-19(24)25/h4-5,10,15H,1-3,6-9,11-12H2,(H,20,22)(H,24,25). The van der Waals surface area contributed by atoms with Crippen LogP contribution < -0.4 is 10.1 Å². The monoisotopic (exact) mass is 376 g/mol. The molecule has 2 aliphatic rings. The van der Waals surface area contributed by atoms with Crippen molar-refractivity contribution < 1.29 is 29.0 Å². The van der Waals surface area contributed by atoms with Crippen molar-refractivity contribution in [2.75, 3.05) is 31.6 Å². The average Bonchev–Trinajstić information content (AvgIpc) is 2.64. The third kappa shape index (κ3) is 5.43. The Balaban J connectivity index is 1.40. The van der Waals surface area contributed by atoms with E-state index in [1.807, 2.05) is 18.2 Å². The molecule has 2 aliphatic heterocycles. The van der Waals surface area contributed by atoms with E-state index in [1.165, 1.54) is 0 Å². The number of hydrogen-bond acceptors (Lipinski definition) is 5. The molecule has 1 fully saturated rings. The van der Waals surface area contributed by atoms with Gasteiger partial charge in [-0.1, -0.05) is 0 Å². The van der Waals surface area contributed by atoms with Crippen LogP contribution in [-0.4, -0.2) is 60.2 Å². The van der Waals surface area contributed by atoms with Crippen LogP contribution in [0, 0.1) is 0 Å². The minimum absolute atomic E-state index is 0.00885. The van der Waals surface area contributed by atoms with Crippen molar-refractivity contribution in [2.45, 2.75) is 38.2 Å². The molecule has 8 nitrogen and oxygen atoms in total. The number of nitrogens with one attached hydrogen (secondary N) is 1. The van der Waals surface area contributed by atoms with Crippen molar-refractivity contribution in [3.05, 3.63) is 23.8 Å². The largest absolute Gasteiger partial charge is 0.494 e. The zero-order valence-corrected chi connectivity index (χ0v) is 15.1. The number of nitrogens with zero attached hydrogens (tertiary/aromatic N) is 1. The van der Waals surface area contributed by atoms with Gasteiger partial charge in [0.15, 0.2) is 0 Å². The topological polar surface area (TPSA) is 105 Å². The van der Waals surface area contributed by atoms with Gasteiger partial charge in [0.1, 0.15) is 5.75 Å². The second kappa shape index (κ2) is 8.85. The van der Waals surface area contributed by atoms with E-state index in [0.717, 1.165) is 17.0 Å². The predicted molar refractivity (Wildman–Crippen MR) is 96.7 cm³/mol. The number of rotatable bonds is 7. The van der Waals surface area contributed by atoms with Crippen LogP contribution >= 0.6 is 0 Å². The number of hydrogen-bond donors (Lipinski definition) is 2. The molecule has 2 amide bonds. The average molecular weight is 376 g/mol. The summed E-state index contributed by atoms with van der Waals surface area (Å²) < 4.78 is 11.1. The lowest BCUT2D eigenvalue weighted by atomic mass is 10.0. The van der Waals surface area contributed by atoms with Crippen molar-refractivity contribution >= 4 is 23.5 Å².